The Kier molecular flexibility index (Phi) is 20.8. The van der Waals surface area contributed by atoms with Gasteiger partial charge in [-0.05, 0) is 125 Å². The largest absolute Gasteiger partial charge is 0.497 e. The van der Waals surface area contributed by atoms with Crippen LogP contribution in [0.1, 0.15) is 57.5 Å². The third kappa shape index (κ3) is 13.6. The highest BCUT2D eigenvalue weighted by Crippen LogP contribution is 2.34. The molecule has 0 atom stereocenters. The van der Waals surface area contributed by atoms with E-state index in [1.807, 2.05) is 74.5 Å². The van der Waals surface area contributed by atoms with Gasteiger partial charge < -0.3 is 29.0 Å². The third-order valence-corrected chi connectivity index (χ3v) is 11.9. The highest BCUT2D eigenvalue weighted by molar-refractivity contribution is 9.09. The Labute approximate surface area is 381 Å². The first-order valence-electron chi connectivity index (χ1n) is 17.9. The zero-order valence-corrected chi connectivity index (χ0v) is 39.3. The lowest BCUT2D eigenvalue weighted by atomic mass is 10.1. The highest BCUT2D eigenvalue weighted by atomic mass is 79.9. The van der Waals surface area contributed by atoms with Crippen LogP contribution in [0.5, 0.6) is 28.7 Å². The molecule has 7 nitrogen and oxygen atoms in total. The summed E-state index contributed by atoms with van der Waals surface area (Å²) in [5, 5.41) is 7.57. The van der Waals surface area contributed by atoms with Crippen LogP contribution in [0, 0.1) is 13.8 Å². The van der Waals surface area contributed by atoms with Crippen LogP contribution in [0.25, 0.3) is 0 Å². The van der Waals surface area contributed by atoms with Crippen LogP contribution < -0.4 is 29.0 Å². The van der Waals surface area contributed by atoms with Gasteiger partial charge in [-0.15, -0.1) is 0 Å². The zero-order valence-electron chi connectivity index (χ0n) is 33.1. The van der Waals surface area contributed by atoms with Crippen LogP contribution in [0.15, 0.2) is 72.8 Å². The van der Waals surface area contributed by atoms with Crippen LogP contribution in [-0.2, 0) is 43.4 Å². The summed E-state index contributed by atoms with van der Waals surface area (Å²) in [6.45, 7) is 8.66. The molecule has 0 saturated heterocycles. The monoisotopic (exact) mass is 998 g/mol. The van der Waals surface area contributed by atoms with Crippen LogP contribution in [-0.4, -0.2) is 40.4 Å². The van der Waals surface area contributed by atoms with Crippen molar-refractivity contribution < 1.29 is 23.7 Å². The van der Waals surface area contributed by atoms with E-state index in [2.05, 4.69) is 54.2 Å². The summed E-state index contributed by atoms with van der Waals surface area (Å²) in [6, 6.07) is 24.0. The predicted octanol–water partition coefficient (Wildman–Crippen LogP) is 13.6. The molecule has 13 heteroatoms. The average Bonchev–Trinajstić information content (AvgIpc) is 3.84. The summed E-state index contributed by atoms with van der Waals surface area (Å²) in [6.07, 6.45) is 0. The number of hydrogen-bond donors (Lipinski definition) is 1. The molecule has 0 unspecified atom stereocenters. The minimum absolute atomic E-state index is 0. The van der Waals surface area contributed by atoms with Crippen molar-refractivity contribution in [2.24, 2.45) is 0 Å². The van der Waals surface area contributed by atoms with E-state index in [9.17, 15) is 0 Å². The normalized spacial score (nSPS) is 12.2. The zero-order chi connectivity index (χ0) is 41.6. The number of alkyl halides is 2. The molecule has 0 radical (unpaired) electrons. The molecule has 58 heavy (non-hydrogen) atoms. The van der Waals surface area contributed by atoms with Gasteiger partial charge in [0.05, 0.1) is 55.6 Å². The van der Waals surface area contributed by atoms with Crippen LogP contribution in [0.4, 0.5) is 0 Å². The second kappa shape index (κ2) is 24.4. The molecular formula is C45H52Br2Cl4N2O5. The minimum atomic E-state index is 0. The molecule has 0 aliphatic carbocycles. The van der Waals surface area contributed by atoms with Crippen molar-refractivity contribution in [3.63, 3.8) is 0 Å². The molecule has 2 aliphatic rings. The molecule has 5 aromatic rings. The fourth-order valence-corrected chi connectivity index (χ4v) is 8.26. The molecule has 0 spiro atoms. The molecule has 0 bridgehead atoms. The van der Waals surface area contributed by atoms with E-state index in [0.29, 0.717) is 20.1 Å². The number of rotatable bonds is 9. The summed E-state index contributed by atoms with van der Waals surface area (Å²) in [5.41, 5.74) is 11.2. The molecule has 5 aromatic carbocycles. The molecule has 0 aromatic heterocycles. The molecular weight excluding hydrogens is 950 g/mol. The Bertz CT molecular complexity index is 2100. The van der Waals surface area contributed by atoms with E-state index in [1.54, 1.807) is 35.5 Å². The van der Waals surface area contributed by atoms with E-state index in [0.717, 1.165) is 72.1 Å². The second-order valence-electron chi connectivity index (χ2n) is 13.2. The van der Waals surface area contributed by atoms with Gasteiger partial charge in [0.2, 0.25) is 0 Å². The maximum absolute atomic E-state index is 6.19. The maximum Gasteiger partial charge on any atom is 0.137 e. The Morgan fingerprint density at radius 2 is 0.948 bits per heavy atom. The van der Waals surface area contributed by atoms with E-state index < -0.39 is 0 Å². The molecule has 0 amide bonds. The highest BCUT2D eigenvalue weighted by Gasteiger charge is 2.21. The molecule has 0 fully saturated rings. The third-order valence-electron chi connectivity index (χ3n) is 9.46. The predicted molar refractivity (Wildman–Crippen MR) is 250 cm³/mol. The lowest BCUT2D eigenvalue weighted by Gasteiger charge is -2.14. The van der Waals surface area contributed by atoms with Gasteiger partial charge in [-0.25, -0.2) is 0 Å². The number of fused-ring (bicyclic) bond motifs is 2. The standard InChI is InChI=1S/C17H18ClNO2.C9H9Br2ClO.C9H10ClNO.C9H11ClO.CH4/c1-20-15-5-3-12(4-6-15)9-19-10-13-7-16(18)17(21-2)8-14(13)11-19;1-13-9-3-7(5-11)6(4-10)2-8(9)12;1-12-9-3-7-5-11-4-6(7)2-8(9)10;1-6-4-8(10)9(11-3)5-7(6)2;/h3-8H,9-11H2,1-2H3;2-3H,4-5H2,1H3;2-3,11H,4-5H2,1H3;4-5H,1-3H3;1H4. The van der Waals surface area contributed by atoms with E-state index in [4.69, 9.17) is 70.1 Å². The molecule has 314 valence electrons. The summed E-state index contributed by atoms with van der Waals surface area (Å²) < 4.78 is 25.7. The lowest BCUT2D eigenvalue weighted by Crippen LogP contribution is -2.15. The summed E-state index contributed by atoms with van der Waals surface area (Å²) in [4.78, 5) is 2.39. The van der Waals surface area contributed by atoms with Crippen molar-refractivity contribution in [2.75, 3.05) is 35.5 Å². The summed E-state index contributed by atoms with van der Waals surface area (Å²) in [5.74, 6) is 3.87. The van der Waals surface area contributed by atoms with Crippen molar-refractivity contribution in [2.45, 2.75) is 64.7 Å². The number of methoxy groups -OCH3 is 5. The van der Waals surface area contributed by atoms with Crippen molar-refractivity contribution in [3.05, 3.63) is 143 Å². The number of benzene rings is 5. The van der Waals surface area contributed by atoms with Crippen LogP contribution in [0.3, 0.4) is 0 Å². The first-order chi connectivity index (χ1) is 27.4. The van der Waals surface area contributed by atoms with Gasteiger partial charge in [-0.3, -0.25) is 4.90 Å². The Hall–Kier alpha value is -2.86. The number of halogens is 6. The first-order valence-corrected chi connectivity index (χ1v) is 21.7. The van der Waals surface area contributed by atoms with Gasteiger partial charge in [0.25, 0.3) is 0 Å². The van der Waals surface area contributed by atoms with Crippen LogP contribution in [0.2, 0.25) is 20.1 Å². The molecule has 2 heterocycles. The van der Waals surface area contributed by atoms with Crippen molar-refractivity contribution in [1.29, 1.82) is 0 Å². The Morgan fingerprint density at radius 3 is 1.48 bits per heavy atom. The van der Waals surface area contributed by atoms with Gasteiger partial charge in [0, 0.05) is 43.4 Å². The number of hydrogen-bond acceptors (Lipinski definition) is 7. The van der Waals surface area contributed by atoms with E-state index in [-0.39, 0.29) is 7.43 Å². The lowest BCUT2D eigenvalue weighted by molar-refractivity contribution is 0.275. The van der Waals surface area contributed by atoms with Crippen molar-refractivity contribution >= 4 is 78.3 Å². The fourth-order valence-electron chi connectivity index (χ4n) is 6.13. The summed E-state index contributed by atoms with van der Waals surface area (Å²) >= 11 is 30.8. The SMILES string of the molecule is C.COc1cc(C)c(C)cc1Cl.COc1cc(CBr)c(CBr)cc1Cl.COc1cc2c(cc1Cl)CNC2.COc1ccc(CN2Cc3cc(Cl)c(OC)cc3C2)cc1. The number of nitrogens with one attached hydrogen (secondary N) is 1. The molecule has 7 rings (SSSR count). The maximum atomic E-state index is 6.19. The number of aryl methyl sites for hydroxylation is 2. The average molecular weight is 1000 g/mol. The van der Waals surface area contributed by atoms with E-state index in [1.165, 1.54) is 50.1 Å². The second-order valence-corrected chi connectivity index (χ2v) is 16.0. The van der Waals surface area contributed by atoms with E-state index >= 15 is 0 Å². The topological polar surface area (TPSA) is 61.4 Å². The Morgan fingerprint density at radius 1 is 0.534 bits per heavy atom. The molecule has 1 N–H and O–H groups in total. The first kappa shape index (κ1) is 49.5. The quantitative estimate of drug-likeness (QED) is 0.148. The smallest absolute Gasteiger partial charge is 0.137 e. The van der Waals surface area contributed by atoms with Gasteiger partial charge in [-0.1, -0.05) is 97.8 Å². The van der Waals surface area contributed by atoms with Gasteiger partial charge in [-0.2, -0.15) is 0 Å². The molecule has 2 aliphatic heterocycles. The number of ether oxygens (including phenoxy) is 5. The van der Waals surface area contributed by atoms with Gasteiger partial charge in [0.15, 0.2) is 0 Å². The number of nitrogens with zero attached hydrogens (tertiary/aromatic N) is 1. The Balaban J connectivity index is 0.000000214. The van der Waals surface area contributed by atoms with Crippen molar-refractivity contribution in [3.8, 4) is 28.7 Å². The minimum Gasteiger partial charge on any atom is -0.497 e. The van der Waals surface area contributed by atoms with Crippen molar-refractivity contribution in [1.82, 2.24) is 10.2 Å². The van der Waals surface area contributed by atoms with Gasteiger partial charge >= 0.3 is 0 Å². The summed E-state index contributed by atoms with van der Waals surface area (Å²) in [7, 11) is 8.21. The fraction of sp³-hybridized carbons (Fsp3) is 0.333. The molecule has 0 saturated carbocycles. The van der Waals surface area contributed by atoms with Crippen LogP contribution >= 0.6 is 78.3 Å². The van der Waals surface area contributed by atoms with Gasteiger partial charge in [0.1, 0.15) is 28.7 Å².